The van der Waals surface area contributed by atoms with Crippen molar-refractivity contribution in [2.45, 2.75) is 51.5 Å². The Labute approximate surface area is 149 Å². The second kappa shape index (κ2) is 7.98. The normalized spacial score (nSPS) is 21.6. The second-order valence-corrected chi connectivity index (χ2v) is 7.38. The molecule has 0 aromatic heterocycles. The third-order valence-corrected chi connectivity index (χ3v) is 5.49. The zero-order valence-corrected chi connectivity index (χ0v) is 14.9. The van der Waals surface area contributed by atoms with E-state index in [-0.39, 0.29) is 23.7 Å². The fraction of sp³-hybridized carbons (Fsp3) is 0.600. The van der Waals surface area contributed by atoms with Crippen molar-refractivity contribution in [2.24, 2.45) is 5.92 Å². The van der Waals surface area contributed by atoms with Gasteiger partial charge in [-0.1, -0.05) is 19.1 Å². The number of likely N-dealkylation sites (tertiary alicyclic amines) is 2. The van der Waals surface area contributed by atoms with E-state index in [0.717, 1.165) is 44.3 Å². The van der Waals surface area contributed by atoms with Crippen LogP contribution in [0.5, 0.6) is 0 Å². The number of carbonyl (C=O) groups excluding carboxylic acids is 2. The molecule has 0 spiro atoms. The average Bonchev–Trinajstić information content (AvgIpc) is 3.11. The van der Waals surface area contributed by atoms with Gasteiger partial charge >= 0.3 is 0 Å². The lowest BCUT2D eigenvalue weighted by Crippen LogP contribution is -2.49. The number of rotatable bonds is 4. The van der Waals surface area contributed by atoms with Crippen LogP contribution in [0, 0.1) is 11.7 Å². The van der Waals surface area contributed by atoms with Gasteiger partial charge in [0.2, 0.25) is 11.8 Å². The summed E-state index contributed by atoms with van der Waals surface area (Å²) in [5, 5.41) is 0. The Balaban J connectivity index is 1.55. The van der Waals surface area contributed by atoms with Gasteiger partial charge in [-0.25, -0.2) is 4.39 Å². The first-order valence-electron chi connectivity index (χ1n) is 9.37. The number of halogens is 1. The van der Waals surface area contributed by atoms with Crippen LogP contribution in [0.2, 0.25) is 0 Å². The highest BCUT2D eigenvalue weighted by molar-refractivity contribution is 5.88. The number of aryl methyl sites for hydroxylation is 1. The van der Waals surface area contributed by atoms with E-state index < -0.39 is 0 Å². The Morgan fingerprint density at radius 2 is 1.76 bits per heavy atom. The van der Waals surface area contributed by atoms with Crippen LogP contribution in [-0.2, 0) is 16.0 Å². The molecule has 3 rings (SSSR count). The number of benzene rings is 1. The van der Waals surface area contributed by atoms with Crippen LogP contribution >= 0.6 is 0 Å². The number of hydrogen-bond acceptors (Lipinski definition) is 2. The predicted octanol–water partition coefficient (Wildman–Crippen LogP) is 3.01. The number of nitrogens with zero attached hydrogens (tertiary/aromatic N) is 2. The summed E-state index contributed by atoms with van der Waals surface area (Å²) in [6.45, 7) is 4.52. The lowest BCUT2D eigenvalue weighted by molar-refractivity contribution is -0.144. The van der Waals surface area contributed by atoms with Gasteiger partial charge < -0.3 is 9.80 Å². The Kier molecular flexibility index (Phi) is 5.71. The maximum atomic E-state index is 13.0. The second-order valence-electron chi connectivity index (χ2n) is 7.38. The van der Waals surface area contributed by atoms with Gasteiger partial charge in [-0.15, -0.1) is 0 Å². The van der Waals surface area contributed by atoms with Crippen LogP contribution in [0.15, 0.2) is 24.3 Å². The molecule has 136 valence electrons. The first-order valence-corrected chi connectivity index (χ1v) is 9.37. The molecule has 1 aromatic rings. The summed E-state index contributed by atoms with van der Waals surface area (Å²) >= 11 is 0. The van der Waals surface area contributed by atoms with Crippen molar-refractivity contribution in [1.82, 2.24) is 9.80 Å². The fourth-order valence-electron chi connectivity index (χ4n) is 3.81. The van der Waals surface area contributed by atoms with E-state index in [0.29, 0.717) is 25.3 Å². The molecular weight excluding hydrogens is 319 g/mol. The highest BCUT2D eigenvalue weighted by atomic mass is 19.1. The van der Waals surface area contributed by atoms with Gasteiger partial charge in [0.15, 0.2) is 0 Å². The molecule has 0 radical (unpaired) electrons. The minimum absolute atomic E-state index is 0.0329. The summed E-state index contributed by atoms with van der Waals surface area (Å²) in [4.78, 5) is 29.1. The Bertz CT molecular complexity index is 609. The van der Waals surface area contributed by atoms with Crippen molar-refractivity contribution >= 4 is 11.8 Å². The Morgan fingerprint density at radius 3 is 2.44 bits per heavy atom. The molecule has 2 heterocycles. The molecule has 0 bridgehead atoms. The Morgan fingerprint density at radius 1 is 1.08 bits per heavy atom. The highest BCUT2D eigenvalue weighted by Gasteiger charge is 2.36. The van der Waals surface area contributed by atoms with Gasteiger partial charge in [-0.2, -0.15) is 0 Å². The van der Waals surface area contributed by atoms with Gasteiger partial charge in [0.05, 0.1) is 0 Å². The van der Waals surface area contributed by atoms with Crippen LogP contribution in [0.25, 0.3) is 0 Å². The van der Waals surface area contributed by atoms with E-state index in [2.05, 4.69) is 6.92 Å². The third-order valence-electron chi connectivity index (χ3n) is 5.49. The zero-order chi connectivity index (χ0) is 17.8. The van der Waals surface area contributed by atoms with Gasteiger partial charge in [0, 0.05) is 26.1 Å². The van der Waals surface area contributed by atoms with Crippen molar-refractivity contribution in [3.05, 3.63) is 35.6 Å². The summed E-state index contributed by atoms with van der Waals surface area (Å²) in [5.41, 5.74) is 0.946. The summed E-state index contributed by atoms with van der Waals surface area (Å²) < 4.78 is 13.0. The number of piperidine rings is 1. The molecule has 0 saturated carbocycles. The smallest absolute Gasteiger partial charge is 0.245 e. The minimum Gasteiger partial charge on any atom is -0.341 e. The molecule has 0 aliphatic carbocycles. The molecule has 2 aliphatic rings. The summed E-state index contributed by atoms with van der Waals surface area (Å²) in [6, 6.07) is 5.97. The third kappa shape index (κ3) is 4.39. The quantitative estimate of drug-likeness (QED) is 0.841. The molecule has 2 fully saturated rings. The molecule has 2 saturated heterocycles. The average molecular weight is 346 g/mol. The van der Waals surface area contributed by atoms with Crippen molar-refractivity contribution in [1.29, 1.82) is 0 Å². The lowest BCUT2D eigenvalue weighted by Gasteiger charge is -2.34. The molecule has 1 aromatic carbocycles. The summed E-state index contributed by atoms with van der Waals surface area (Å²) in [5.74, 6) is 0.572. The highest BCUT2D eigenvalue weighted by Crippen LogP contribution is 2.24. The van der Waals surface area contributed by atoms with E-state index in [1.54, 1.807) is 17.0 Å². The largest absolute Gasteiger partial charge is 0.341 e. The molecule has 0 N–H and O–H groups in total. The number of carbonyl (C=O) groups is 2. The van der Waals surface area contributed by atoms with E-state index in [9.17, 15) is 14.0 Å². The minimum atomic E-state index is -0.283. The molecule has 2 amide bonds. The standard InChI is InChI=1S/C20H27FN2O2/c1-15-10-13-22(14-11-15)20(25)18-3-2-12-23(18)19(24)9-6-16-4-7-17(21)8-5-16/h4-5,7-8,15,18H,2-3,6,9-14H2,1H3. The topological polar surface area (TPSA) is 40.6 Å². The van der Waals surface area contributed by atoms with E-state index in [4.69, 9.17) is 0 Å². The maximum absolute atomic E-state index is 13.0. The van der Waals surface area contributed by atoms with Crippen molar-refractivity contribution < 1.29 is 14.0 Å². The van der Waals surface area contributed by atoms with Gasteiger partial charge in [0.25, 0.3) is 0 Å². The first-order chi connectivity index (χ1) is 12.0. The number of hydrogen-bond donors (Lipinski definition) is 0. The molecule has 1 unspecified atom stereocenters. The van der Waals surface area contributed by atoms with E-state index in [1.807, 2.05) is 4.90 Å². The van der Waals surface area contributed by atoms with Crippen molar-refractivity contribution in [3.63, 3.8) is 0 Å². The zero-order valence-electron chi connectivity index (χ0n) is 14.9. The summed E-state index contributed by atoms with van der Waals surface area (Å²) in [7, 11) is 0. The van der Waals surface area contributed by atoms with Crippen molar-refractivity contribution in [2.75, 3.05) is 19.6 Å². The molecule has 25 heavy (non-hydrogen) atoms. The van der Waals surface area contributed by atoms with Gasteiger partial charge in [-0.3, -0.25) is 9.59 Å². The van der Waals surface area contributed by atoms with Crippen molar-refractivity contribution in [3.8, 4) is 0 Å². The van der Waals surface area contributed by atoms with E-state index >= 15 is 0 Å². The van der Waals surface area contributed by atoms with Gasteiger partial charge in [-0.05, 0) is 55.7 Å². The predicted molar refractivity (Wildman–Crippen MR) is 94.4 cm³/mol. The maximum Gasteiger partial charge on any atom is 0.245 e. The Hall–Kier alpha value is -1.91. The SMILES string of the molecule is CC1CCN(C(=O)C2CCCN2C(=O)CCc2ccc(F)cc2)CC1. The van der Waals surface area contributed by atoms with Crippen LogP contribution < -0.4 is 0 Å². The van der Waals surface area contributed by atoms with Gasteiger partial charge in [0.1, 0.15) is 11.9 Å². The summed E-state index contributed by atoms with van der Waals surface area (Å²) in [6.07, 6.45) is 4.72. The molecular formula is C20H27FN2O2. The molecule has 2 aliphatic heterocycles. The van der Waals surface area contributed by atoms with E-state index in [1.165, 1.54) is 12.1 Å². The fourth-order valence-corrected chi connectivity index (χ4v) is 3.81. The molecule has 5 heteroatoms. The monoisotopic (exact) mass is 346 g/mol. The lowest BCUT2D eigenvalue weighted by atomic mass is 9.98. The van der Waals surface area contributed by atoms with Crippen LogP contribution in [0.4, 0.5) is 4.39 Å². The number of amides is 2. The first kappa shape index (κ1) is 17.9. The van der Waals surface area contributed by atoms with Crippen LogP contribution in [0.1, 0.15) is 44.6 Å². The molecule has 4 nitrogen and oxygen atoms in total. The molecule has 1 atom stereocenters. The van der Waals surface area contributed by atoms with Crippen LogP contribution in [0.3, 0.4) is 0 Å². The van der Waals surface area contributed by atoms with Crippen LogP contribution in [-0.4, -0.2) is 47.3 Å².